The second-order valence-electron chi connectivity index (χ2n) is 5.25. The van der Waals surface area contributed by atoms with E-state index in [2.05, 4.69) is 20.4 Å². The number of hydrogen-bond donors (Lipinski definition) is 1. The third kappa shape index (κ3) is 2.61. The van der Waals surface area contributed by atoms with Gasteiger partial charge in [-0.25, -0.2) is 4.98 Å². The largest absolute Gasteiger partial charge is 0.337 e. The van der Waals surface area contributed by atoms with E-state index < -0.39 is 0 Å². The third-order valence-corrected chi connectivity index (χ3v) is 3.99. The van der Waals surface area contributed by atoms with Crippen molar-refractivity contribution in [3.8, 4) is 0 Å². The van der Waals surface area contributed by atoms with Gasteiger partial charge in [0.25, 0.3) is 0 Å². The predicted octanol–water partition coefficient (Wildman–Crippen LogP) is 1.33. The van der Waals surface area contributed by atoms with E-state index in [0.717, 1.165) is 37.8 Å². The maximum absolute atomic E-state index is 4.74. The van der Waals surface area contributed by atoms with Crippen molar-refractivity contribution in [1.82, 2.24) is 20.5 Å². The minimum Gasteiger partial charge on any atom is -0.337 e. The van der Waals surface area contributed by atoms with Crippen LogP contribution in [-0.4, -0.2) is 41.4 Å². The lowest BCUT2D eigenvalue weighted by Gasteiger charge is -2.28. The summed E-state index contributed by atoms with van der Waals surface area (Å²) in [4.78, 5) is 6.98. The standard InChI is InChI=1S/C13H21N5/c1-2-4-11(5-3-1)12-10-15-17-13(16-12)18-8-6-14-7-9-18/h10-11,14H,1-9H2. The molecule has 0 bridgehead atoms. The summed E-state index contributed by atoms with van der Waals surface area (Å²) in [5.74, 6) is 1.43. The molecule has 1 aromatic rings. The summed E-state index contributed by atoms with van der Waals surface area (Å²) in [6.45, 7) is 3.99. The number of hydrogen-bond acceptors (Lipinski definition) is 5. The zero-order valence-electron chi connectivity index (χ0n) is 10.8. The molecule has 1 saturated carbocycles. The van der Waals surface area contributed by atoms with Gasteiger partial charge in [-0.1, -0.05) is 19.3 Å². The molecule has 1 aromatic heterocycles. The lowest BCUT2D eigenvalue weighted by molar-refractivity contribution is 0.434. The molecule has 18 heavy (non-hydrogen) atoms. The first-order chi connectivity index (χ1) is 8.93. The van der Waals surface area contributed by atoms with Gasteiger partial charge in [-0.05, 0) is 12.8 Å². The molecule has 1 N–H and O–H groups in total. The fourth-order valence-electron chi connectivity index (χ4n) is 2.90. The molecule has 1 aliphatic carbocycles. The Morgan fingerprint density at radius 1 is 1.11 bits per heavy atom. The van der Waals surface area contributed by atoms with Crippen LogP contribution in [0.4, 0.5) is 5.95 Å². The summed E-state index contributed by atoms with van der Waals surface area (Å²) in [7, 11) is 0. The van der Waals surface area contributed by atoms with Gasteiger partial charge in [0.1, 0.15) is 0 Å². The highest BCUT2D eigenvalue weighted by Crippen LogP contribution is 2.31. The Balaban J connectivity index is 1.75. The van der Waals surface area contributed by atoms with Gasteiger partial charge in [0.15, 0.2) is 0 Å². The lowest BCUT2D eigenvalue weighted by Crippen LogP contribution is -2.44. The Labute approximate surface area is 108 Å². The normalized spacial score (nSPS) is 22.1. The van der Waals surface area contributed by atoms with E-state index in [1.54, 1.807) is 0 Å². The Morgan fingerprint density at radius 3 is 2.67 bits per heavy atom. The average molecular weight is 247 g/mol. The van der Waals surface area contributed by atoms with Crippen LogP contribution in [0.25, 0.3) is 0 Å². The maximum atomic E-state index is 4.74. The van der Waals surface area contributed by atoms with E-state index in [1.165, 1.54) is 32.1 Å². The number of nitrogens with one attached hydrogen (secondary N) is 1. The second-order valence-corrected chi connectivity index (χ2v) is 5.25. The monoisotopic (exact) mass is 247 g/mol. The summed E-state index contributed by atoms with van der Waals surface area (Å²) in [5, 5.41) is 11.7. The number of anilines is 1. The van der Waals surface area contributed by atoms with Crippen LogP contribution in [0.15, 0.2) is 6.20 Å². The highest BCUT2D eigenvalue weighted by molar-refractivity contribution is 5.30. The van der Waals surface area contributed by atoms with Crippen LogP contribution in [0.3, 0.4) is 0 Å². The van der Waals surface area contributed by atoms with Crippen molar-refractivity contribution in [1.29, 1.82) is 0 Å². The summed E-state index contributed by atoms with van der Waals surface area (Å²) in [5.41, 5.74) is 1.15. The molecular weight excluding hydrogens is 226 g/mol. The maximum Gasteiger partial charge on any atom is 0.245 e. The van der Waals surface area contributed by atoms with Gasteiger partial charge in [0.05, 0.1) is 11.9 Å². The molecule has 0 aromatic carbocycles. The highest BCUT2D eigenvalue weighted by atomic mass is 15.3. The van der Waals surface area contributed by atoms with Gasteiger partial charge < -0.3 is 10.2 Å². The zero-order chi connectivity index (χ0) is 12.2. The fraction of sp³-hybridized carbons (Fsp3) is 0.769. The van der Waals surface area contributed by atoms with Crippen molar-refractivity contribution in [3.05, 3.63) is 11.9 Å². The Kier molecular flexibility index (Phi) is 3.69. The topological polar surface area (TPSA) is 53.9 Å². The fourth-order valence-corrected chi connectivity index (χ4v) is 2.90. The summed E-state index contributed by atoms with van der Waals surface area (Å²) in [6, 6.07) is 0. The minimum atomic E-state index is 0.607. The van der Waals surface area contributed by atoms with Crippen molar-refractivity contribution in [3.63, 3.8) is 0 Å². The molecule has 0 spiro atoms. The quantitative estimate of drug-likeness (QED) is 0.854. The van der Waals surface area contributed by atoms with Crippen molar-refractivity contribution >= 4 is 5.95 Å². The molecule has 1 saturated heterocycles. The Morgan fingerprint density at radius 2 is 1.89 bits per heavy atom. The Hall–Kier alpha value is -1.23. The number of piperazine rings is 1. The molecule has 98 valence electrons. The molecule has 0 radical (unpaired) electrons. The first-order valence-corrected chi connectivity index (χ1v) is 7.09. The number of nitrogens with zero attached hydrogens (tertiary/aromatic N) is 4. The molecule has 0 unspecified atom stereocenters. The molecule has 2 heterocycles. The first kappa shape index (κ1) is 11.8. The SMILES string of the molecule is c1nnc(N2CCNCC2)nc1C1CCCCC1. The van der Waals surface area contributed by atoms with Gasteiger partial charge in [-0.2, -0.15) is 5.10 Å². The van der Waals surface area contributed by atoms with Gasteiger partial charge in [0.2, 0.25) is 5.95 Å². The summed E-state index contributed by atoms with van der Waals surface area (Å²) in [6.07, 6.45) is 8.43. The minimum absolute atomic E-state index is 0.607. The second kappa shape index (κ2) is 5.61. The molecule has 5 nitrogen and oxygen atoms in total. The molecule has 1 aliphatic heterocycles. The Bertz CT molecular complexity index is 349. The number of aromatic nitrogens is 3. The van der Waals surface area contributed by atoms with Crippen molar-refractivity contribution in [2.24, 2.45) is 0 Å². The molecule has 5 heteroatoms. The van der Waals surface area contributed by atoms with Crippen LogP contribution in [0.5, 0.6) is 0 Å². The summed E-state index contributed by atoms with van der Waals surface area (Å²) < 4.78 is 0. The van der Waals surface area contributed by atoms with Crippen molar-refractivity contribution < 1.29 is 0 Å². The smallest absolute Gasteiger partial charge is 0.245 e. The van der Waals surface area contributed by atoms with Crippen molar-refractivity contribution in [2.75, 3.05) is 31.1 Å². The van der Waals surface area contributed by atoms with E-state index >= 15 is 0 Å². The van der Waals surface area contributed by atoms with Crippen LogP contribution in [0, 0.1) is 0 Å². The van der Waals surface area contributed by atoms with E-state index in [9.17, 15) is 0 Å². The number of rotatable bonds is 2. The molecular formula is C13H21N5. The molecule has 3 rings (SSSR count). The molecule has 0 atom stereocenters. The van der Waals surface area contributed by atoms with Crippen LogP contribution < -0.4 is 10.2 Å². The van der Waals surface area contributed by atoms with Gasteiger partial charge in [-0.15, -0.1) is 5.10 Å². The van der Waals surface area contributed by atoms with E-state index in [0.29, 0.717) is 5.92 Å². The van der Waals surface area contributed by atoms with Gasteiger partial charge in [-0.3, -0.25) is 0 Å². The highest BCUT2D eigenvalue weighted by Gasteiger charge is 2.20. The first-order valence-electron chi connectivity index (χ1n) is 7.09. The van der Waals surface area contributed by atoms with E-state index in [1.807, 2.05) is 6.20 Å². The van der Waals surface area contributed by atoms with Crippen molar-refractivity contribution in [2.45, 2.75) is 38.0 Å². The van der Waals surface area contributed by atoms with Gasteiger partial charge in [0, 0.05) is 32.1 Å². The molecule has 2 aliphatic rings. The predicted molar refractivity (Wildman–Crippen MR) is 70.7 cm³/mol. The lowest BCUT2D eigenvalue weighted by atomic mass is 9.87. The van der Waals surface area contributed by atoms with Crippen LogP contribution >= 0.6 is 0 Å². The van der Waals surface area contributed by atoms with Gasteiger partial charge >= 0.3 is 0 Å². The van der Waals surface area contributed by atoms with Crippen LogP contribution in [-0.2, 0) is 0 Å². The molecule has 2 fully saturated rings. The third-order valence-electron chi connectivity index (χ3n) is 3.99. The van der Waals surface area contributed by atoms with Crippen LogP contribution in [0.2, 0.25) is 0 Å². The van der Waals surface area contributed by atoms with E-state index in [-0.39, 0.29) is 0 Å². The molecule has 0 amide bonds. The van der Waals surface area contributed by atoms with E-state index in [4.69, 9.17) is 4.98 Å². The zero-order valence-corrected chi connectivity index (χ0v) is 10.8. The summed E-state index contributed by atoms with van der Waals surface area (Å²) >= 11 is 0. The van der Waals surface area contributed by atoms with Crippen LogP contribution in [0.1, 0.15) is 43.7 Å². The average Bonchev–Trinajstić information content (AvgIpc) is 2.49.